The highest BCUT2D eigenvalue weighted by molar-refractivity contribution is 9.10. The van der Waals surface area contributed by atoms with E-state index >= 15 is 0 Å². The monoisotopic (exact) mass is 525 g/mol. The van der Waals surface area contributed by atoms with Crippen LogP contribution in [0.3, 0.4) is 0 Å². The standard InChI is InChI=1S/C17H13BrF5N5O2S/c1-5-3-7(14(19)20)25-16-9(5)11(12(31-16)15(24)30)26-8(29)4-28-6(2)10(18)13(27-28)17(21,22)23/h3,14H,4H2,1-2H3,(H2,24,30)(H,26,29). The highest BCUT2D eigenvalue weighted by Crippen LogP contribution is 2.39. The molecule has 0 saturated heterocycles. The van der Waals surface area contributed by atoms with E-state index in [-0.39, 0.29) is 30.9 Å². The predicted octanol–water partition coefficient (Wildman–Crippen LogP) is 4.57. The van der Waals surface area contributed by atoms with Gasteiger partial charge in [-0.05, 0) is 41.4 Å². The molecule has 3 aromatic heterocycles. The lowest BCUT2D eigenvalue weighted by molar-refractivity contribution is -0.142. The van der Waals surface area contributed by atoms with Crippen LogP contribution in [0.2, 0.25) is 0 Å². The predicted molar refractivity (Wildman–Crippen MR) is 106 cm³/mol. The molecule has 3 N–H and O–H groups in total. The molecule has 3 rings (SSSR count). The summed E-state index contributed by atoms with van der Waals surface area (Å²) in [6.07, 6.45) is -7.57. The zero-order chi connectivity index (χ0) is 23.2. The van der Waals surface area contributed by atoms with Crippen LogP contribution in [0.5, 0.6) is 0 Å². The zero-order valence-corrected chi connectivity index (χ0v) is 18.2. The largest absolute Gasteiger partial charge is 0.436 e. The minimum Gasteiger partial charge on any atom is -0.365 e. The van der Waals surface area contributed by atoms with Crippen molar-refractivity contribution in [1.82, 2.24) is 14.8 Å². The molecule has 0 fully saturated rings. The first-order valence-electron chi connectivity index (χ1n) is 8.43. The highest BCUT2D eigenvalue weighted by Gasteiger charge is 2.38. The number of alkyl halides is 5. The van der Waals surface area contributed by atoms with Crippen LogP contribution in [-0.2, 0) is 17.5 Å². The quantitative estimate of drug-likeness (QED) is 0.476. The van der Waals surface area contributed by atoms with Crippen molar-refractivity contribution in [2.24, 2.45) is 5.73 Å². The minimum atomic E-state index is -4.72. The summed E-state index contributed by atoms with van der Waals surface area (Å²) in [6, 6.07) is 1.12. The van der Waals surface area contributed by atoms with Gasteiger partial charge in [0.15, 0.2) is 5.69 Å². The molecular formula is C17H13BrF5N5O2S. The van der Waals surface area contributed by atoms with E-state index < -0.39 is 42.3 Å². The van der Waals surface area contributed by atoms with Gasteiger partial charge in [0.1, 0.15) is 21.9 Å². The van der Waals surface area contributed by atoms with Gasteiger partial charge in [0.05, 0.1) is 15.9 Å². The summed E-state index contributed by atoms with van der Waals surface area (Å²) in [5.41, 5.74) is 4.00. The fourth-order valence-electron chi connectivity index (χ4n) is 2.89. The Morgan fingerprint density at radius 3 is 2.48 bits per heavy atom. The average Bonchev–Trinajstić information content (AvgIpc) is 3.14. The Kier molecular flexibility index (Phi) is 6.06. The topological polar surface area (TPSA) is 103 Å². The maximum atomic E-state index is 13.0. The van der Waals surface area contributed by atoms with Gasteiger partial charge < -0.3 is 11.1 Å². The normalized spacial score (nSPS) is 12.0. The van der Waals surface area contributed by atoms with Crippen molar-refractivity contribution in [1.29, 1.82) is 0 Å². The lowest BCUT2D eigenvalue weighted by Gasteiger charge is -2.09. The first-order chi connectivity index (χ1) is 14.3. The number of pyridine rings is 1. The molecule has 0 unspecified atom stereocenters. The van der Waals surface area contributed by atoms with E-state index in [0.29, 0.717) is 5.56 Å². The van der Waals surface area contributed by atoms with Crippen molar-refractivity contribution in [3.8, 4) is 0 Å². The fraction of sp³-hybridized carbons (Fsp3) is 0.294. The number of thiophene rings is 1. The first kappa shape index (κ1) is 23.1. The summed E-state index contributed by atoms with van der Waals surface area (Å²) < 4.78 is 65.7. The van der Waals surface area contributed by atoms with Gasteiger partial charge in [0.25, 0.3) is 12.3 Å². The molecule has 0 aliphatic rings. The van der Waals surface area contributed by atoms with E-state index in [0.717, 1.165) is 22.1 Å². The zero-order valence-electron chi connectivity index (χ0n) is 15.8. The molecule has 0 bridgehead atoms. The molecular weight excluding hydrogens is 513 g/mol. The number of nitrogens with zero attached hydrogens (tertiary/aromatic N) is 3. The first-order valence-corrected chi connectivity index (χ1v) is 10.0. The van der Waals surface area contributed by atoms with Crippen LogP contribution in [0.4, 0.5) is 27.6 Å². The van der Waals surface area contributed by atoms with E-state index in [4.69, 9.17) is 5.73 Å². The Morgan fingerprint density at radius 2 is 1.97 bits per heavy atom. The van der Waals surface area contributed by atoms with Gasteiger partial charge in [0, 0.05) is 5.39 Å². The van der Waals surface area contributed by atoms with Crippen LogP contribution in [0.15, 0.2) is 10.5 Å². The number of carbonyl (C=O) groups is 2. The Bertz CT molecular complexity index is 1200. The molecule has 166 valence electrons. The van der Waals surface area contributed by atoms with Crippen LogP contribution < -0.4 is 11.1 Å². The lowest BCUT2D eigenvalue weighted by atomic mass is 10.1. The lowest BCUT2D eigenvalue weighted by Crippen LogP contribution is -2.22. The van der Waals surface area contributed by atoms with Crippen LogP contribution in [-0.4, -0.2) is 26.6 Å². The summed E-state index contributed by atoms with van der Waals surface area (Å²) >= 11 is 3.54. The summed E-state index contributed by atoms with van der Waals surface area (Å²) in [7, 11) is 0. The number of rotatable bonds is 5. The Hall–Kier alpha value is -2.61. The molecule has 0 aliphatic heterocycles. The highest BCUT2D eigenvalue weighted by atomic mass is 79.9. The molecule has 7 nitrogen and oxygen atoms in total. The van der Waals surface area contributed by atoms with Gasteiger partial charge >= 0.3 is 6.18 Å². The van der Waals surface area contributed by atoms with Crippen molar-refractivity contribution in [2.45, 2.75) is 33.0 Å². The van der Waals surface area contributed by atoms with Crippen molar-refractivity contribution in [3.63, 3.8) is 0 Å². The number of nitrogens with one attached hydrogen (secondary N) is 1. The molecule has 0 saturated carbocycles. The number of aryl methyl sites for hydroxylation is 1. The maximum absolute atomic E-state index is 13.0. The smallest absolute Gasteiger partial charge is 0.365 e. The molecule has 3 aromatic rings. The third-order valence-electron chi connectivity index (χ3n) is 4.29. The average molecular weight is 526 g/mol. The van der Waals surface area contributed by atoms with Crippen LogP contribution in [0, 0.1) is 13.8 Å². The third kappa shape index (κ3) is 4.39. The number of anilines is 1. The van der Waals surface area contributed by atoms with Crippen LogP contribution in [0.25, 0.3) is 10.2 Å². The van der Waals surface area contributed by atoms with E-state index in [1.807, 2.05) is 0 Å². The van der Waals surface area contributed by atoms with E-state index in [1.165, 1.54) is 13.8 Å². The van der Waals surface area contributed by atoms with Crippen LogP contribution in [0.1, 0.15) is 38.7 Å². The van der Waals surface area contributed by atoms with Gasteiger partial charge in [-0.2, -0.15) is 18.3 Å². The second-order valence-electron chi connectivity index (χ2n) is 6.47. The number of fused-ring (bicyclic) bond motifs is 1. The molecule has 0 spiro atoms. The number of carbonyl (C=O) groups excluding carboxylic acids is 2. The van der Waals surface area contributed by atoms with E-state index in [2.05, 4.69) is 31.3 Å². The van der Waals surface area contributed by atoms with Gasteiger partial charge in [0.2, 0.25) is 5.91 Å². The summed E-state index contributed by atoms with van der Waals surface area (Å²) in [6.45, 7) is 2.24. The molecule has 14 heteroatoms. The van der Waals surface area contributed by atoms with Crippen LogP contribution >= 0.6 is 27.3 Å². The Morgan fingerprint density at radius 1 is 1.32 bits per heavy atom. The SMILES string of the molecule is Cc1cc(C(F)F)nc2sc(C(N)=O)c(NC(=O)Cn3nc(C(F)(F)F)c(Br)c3C)c12. The summed E-state index contributed by atoms with van der Waals surface area (Å²) in [4.78, 5) is 28.1. The van der Waals surface area contributed by atoms with Crippen molar-refractivity contribution in [2.75, 3.05) is 5.32 Å². The number of hydrogen-bond acceptors (Lipinski definition) is 5. The molecule has 31 heavy (non-hydrogen) atoms. The van der Waals surface area contributed by atoms with Gasteiger partial charge in [-0.15, -0.1) is 11.3 Å². The third-order valence-corrected chi connectivity index (χ3v) is 6.33. The van der Waals surface area contributed by atoms with Crippen molar-refractivity contribution >= 4 is 55.0 Å². The maximum Gasteiger partial charge on any atom is 0.436 e. The van der Waals surface area contributed by atoms with E-state index in [1.54, 1.807) is 0 Å². The number of amides is 2. The second kappa shape index (κ2) is 8.15. The number of primary amides is 1. The number of nitrogens with two attached hydrogens (primary N) is 1. The molecule has 0 aromatic carbocycles. The van der Waals surface area contributed by atoms with Gasteiger partial charge in [-0.1, -0.05) is 0 Å². The van der Waals surface area contributed by atoms with E-state index in [9.17, 15) is 31.5 Å². The molecule has 2 amide bonds. The molecule has 0 radical (unpaired) electrons. The fourth-order valence-corrected chi connectivity index (χ4v) is 4.46. The van der Waals surface area contributed by atoms with Crippen molar-refractivity contribution < 1.29 is 31.5 Å². The van der Waals surface area contributed by atoms with Gasteiger partial charge in [-0.25, -0.2) is 13.8 Å². The molecule has 0 aliphatic carbocycles. The Labute approximate surface area is 183 Å². The Balaban J connectivity index is 1.99. The molecule has 3 heterocycles. The second-order valence-corrected chi connectivity index (χ2v) is 8.26. The number of halogens is 6. The summed E-state index contributed by atoms with van der Waals surface area (Å²) in [5, 5.41) is 6.09. The number of hydrogen-bond donors (Lipinski definition) is 2. The summed E-state index contributed by atoms with van der Waals surface area (Å²) in [5.74, 6) is -1.72. The minimum absolute atomic E-state index is 0.0387. The van der Waals surface area contributed by atoms with Crippen molar-refractivity contribution in [3.05, 3.63) is 38.1 Å². The number of aromatic nitrogens is 3. The molecule has 0 atom stereocenters. The van der Waals surface area contributed by atoms with Gasteiger partial charge in [-0.3, -0.25) is 14.3 Å².